The predicted molar refractivity (Wildman–Crippen MR) is 52.5 cm³/mol. The van der Waals surface area contributed by atoms with Crippen LogP contribution in [0.3, 0.4) is 0 Å². The van der Waals surface area contributed by atoms with E-state index in [0.29, 0.717) is 18.8 Å². The topological polar surface area (TPSA) is 21.3 Å². The molecule has 2 rings (SSSR count). The van der Waals surface area contributed by atoms with Crippen LogP contribution in [-0.4, -0.2) is 19.3 Å². The summed E-state index contributed by atoms with van der Waals surface area (Å²) in [5.41, 5.74) is 0.335. The van der Waals surface area contributed by atoms with E-state index in [1.165, 1.54) is 6.07 Å². The number of hydrogen-bond donors (Lipinski definition) is 1. The molecule has 0 amide bonds. The standard InChI is InChI=1S/C11H13F2NO/c1-7-5-15-6-11(14-7)9-4-8(12)2-3-10(9)13/h2-4,7,11,14H,5-6H2,1H3/t7-,11-/m1/s1. The highest BCUT2D eigenvalue weighted by Crippen LogP contribution is 2.21. The normalized spacial score (nSPS) is 26.6. The molecule has 0 saturated carbocycles. The predicted octanol–water partition coefficient (Wildman–Crippen LogP) is 2.01. The number of nitrogens with one attached hydrogen (secondary N) is 1. The Morgan fingerprint density at radius 1 is 1.33 bits per heavy atom. The van der Waals surface area contributed by atoms with Gasteiger partial charge in [0, 0.05) is 11.6 Å². The summed E-state index contributed by atoms with van der Waals surface area (Å²) in [4.78, 5) is 0. The highest BCUT2D eigenvalue weighted by Gasteiger charge is 2.22. The molecule has 1 aromatic carbocycles. The van der Waals surface area contributed by atoms with Crippen LogP contribution < -0.4 is 5.32 Å². The molecule has 4 heteroatoms. The van der Waals surface area contributed by atoms with E-state index in [-0.39, 0.29) is 12.1 Å². The van der Waals surface area contributed by atoms with Gasteiger partial charge in [0.2, 0.25) is 0 Å². The molecule has 2 atom stereocenters. The monoisotopic (exact) mass is 213 g/mol. The summed E-state index contributed by atoms with van der Waals surface area (Å²) < 4.78 is 31.7. The van der Waals surface area contributed by atoms with Crippen molar-refractivity contribution in [2.24, 2.45) is 0 Å². The van der Waals surface area contributed by atoms with Gasteiger partial charge >= 0.3 is 0 Å². The SMILES string of the molecule is C[C@@H]1COC[C@H](c2cc(F)ccc2F)N1. The largest absolute Gasteiger partial charge is 0.378 e. The van der Waals surface area contributed by atoms with E-state index in [2.05, 4.69) is 5.32 Å². The summed E-state index contributed by atoms with van der Waals surface area (Å²) in [5.74, 6) is -0.821. The molecule has 1 aliphatic rings. The van der Waals surface area contributed by atoms with Gasteiger partial charge in [0.25, 0.3) is 0 Å². The molecule has 1 fully saturated rings. The van der Waals surface area contributed by atoms with E-state index in [1.807, 2.05) is 6.92 Å². The summed E-state index contributed by atoms with van der Waals surface area (Å²) in [6.45, 7) is 2.93. The zero-order valence-corrected chi connectivity index (χ0v) is 8.47. The van der Waals surface area contributed by atoms with Gasteiger partial charge in [-0.15, -0.1) is 0 Å². The van der Waals surface area contributed by atoms with E-state index in [0.717, 1.165) is 12.1 Å². The average molecular weight is 213 g/mol. The van der Waals surface area contributed by atoms with Crippen LogP contribution >= 0.6 is 0 Å². The molecule has 0 radical (unpaired) electrons. The zero-order chi connectivity index (χ0) is 10.8. The second-order valence-electron chi connectivity index (χ2n) is 3.82. The first-order valence-corrected chi connectivity index (χ1v) is 4.95. The Balaban J connectivity index is 2.24. The summed E-state index contributed by atoms with van der Waals surface area (Å²) >= 11 is 0. The Kier molecular flexibility index (Phi) is 2.98. The van der Waals surface area contributed by atoms with Gasteiger partial charge in [-0.3, -0.25) is 0 Å². The first kappa shape index (κ1) is 10.5. The van der Waals surface area contributed by atoms with Gasteiger partial charge in [0.05, 0.1) is 19.3 Å². The molecule has 2 nitrogen and oxygen atoms in total. The van der Waals surface area contributed by atoms with Crippen molar-refractivity contribution in [2.75, 3.05) is 13.2 Å². The smallest absolute Gasteiger partial charge is 0.128 e. The number of morpholine rings is 1. The maximum atomic E-state index is 13.4. The van der Waals surface area contributed by atoms with Crippen LogP contribution in [0.5, 0.6) is 0 Å². The second kappa shape index (κ2) is 4.24. The summed E-state index contributed by atoms with van der Waals surface area (Å²) in [6.07, 6.45) is 0. The van der Waals surface area contributed by atoms with Crippen molar-refractivity contribution >= 4 is 0 Å². The fraction of sp³-hybridized carbons (Fsp3) is 0.455. The third-order valence-corrected chi connectivity index (χ3v) is 2.47. The maximum absolute atomic E-state index is 13.4. The third-order valence-electron chi connectivity index (χ3n) is 2.47. The van der Waals surface area contributed by atoms with E-state index < -0.39 is 11.6 Å². The first-order valence-electron chi connectivity index (χ1n) is 4.95. The number of halogens is 2. The van der Waals surface area contributed by atoms with E-state index >= 15 is 0 Å². The lowest BCUT2D eigenvalue weighted by molar-refractivity contribution is 0.0493. The molecule has 0 aliphatic carbocycles. The van der Waals surface area contributed by atoms with Crippen molar-refractivity contribution in [1.82, 2.24) is 5.32 Å². The summed E-state index contributed by atoms with van der Waals surface area (Å²) in [5, 5.41) is 3.17. The molecule has 0 unspecified atom stereocenters. The summed E-state index contributed by atoms with van der Waals surface area (Å²) in [6, 6.07) is 3.38. The summed E-state index contributed by atoms with van der Waals surface area (Å²) in [7, 11) is 0. The Bertz CT molecular complexity index is 356. The number of rotatable bonds is 1. The van der Waals surface area contributed by atoms with E-state index in [1.54, 1.807) is 0 Å². The first-order chi connectivity index (χ1) is 7.16. The third kappa shape index (κ3) is 2.33. The highest BCUT2D eigenvalue weighted by atomic mass is 19.1. The second-order valence-corrected chi connectivity index (χ2v) is 3.82. The van der Waals surface area contributed by atoms with Gasteiger partial charge in [0.1, 0.15) is 11.6 Å². The molecule has 15 heavy (non-hydrogen) atoms. The lowest BCUT2D eigenvalue weighted by Crippen LogP contribution is -2.42. The molecular weight excluding hydrogens is 200 g/mol. The molecule has 82 valence electrons. The van der Waals surface area contributed by atoms with Gasteiger partial charge in [-0.25, -0.2) is 8.78 Å². The van der Waals surface area contributed by atoms with Crippen molar-refractivity contribution in [3.8, 4) is 0 Å². The van der Waals surface area contributed by atoms with Crippen molar-refractivity contribution < 1.29 is 13.5 Å². The molecule has 0 spiro atoms. The van der Waals surface area contributed by atoms with Gasteiger partial charge < -0.3 is 10.1 Å². The van der Waals surface area contributed by atoms with Crippen LogP contribution in [0.4, 0.5) is 8.78 Å². The van der Waals surface area contributed by atoms with Crippen molar-refractivity contribution in [3.05, 3.63) is 35.4 Å². The zero-order valence-electron chi connectivity index (χ0n) is 8.47. The van der Waals surface area contributed by atoms with Crippen LogP contribution in [0, 0.1) is 11.6 Å². The van der Waals surface area contributed by atoms with Crippen LogP contribution in [0.25, 0.3) is 0 Å². The average Bonchev–Trinajstić information content (AvgIpc) is 2.22. The fourth-order valence-electron chi connectivity index (χ4n) is 1.76. The molecular formula is C11H13F2NO. The van der Waals surface area contributed by atoms with Crippen LogP contribution in [0.15, 0.2) is 18.2 Å². The Hall–Kier alpha value is -1.00. The van der Waals surface area contributed by atoms with Gasteiger partial charge in [-0.05, 0) is 25.1 Å². The lowest BCUT2D eigenvalue weighted by atomic mass is 10.0. The minimum absolute atomic E-state index is 0.159. The Morgan fingerprint density at radius 3 is 2.87 bits per heavy atom. The van der Waals surface area contributed by atoms with Crippen LogP contribution in [-0.2, 0) is 4.74 Å². The molecule has 1 N–H and O–H groups in total. The number of benzene rings is 1. The molecule has 1 aromatic rings. The van der Waals surface area contributed by atoms with Crippen molar-refractivity contribution in [1.29, 1.82) is 0 Å². The van der Waals surface area contributed by atoms with Crippen LogP contribution in [0.1, 0.15) is 18.5 Å². The maximum Gasteiger partial charge on any atom is 0.128 e. The minimum atomic E-state index is -0.425. The minimum Gasteiger partial charge on any atom is -0.378 e. The Labute approximate surface area is 87.2 Å². The molecule has 1 heterocycles. The van der Waals surface area contributed by atoms with E-state index in [9.17, 15) is 8.78 Å². The molecule has 1 saturated heterocycles. The van der Waals surface area contributed by atoms with Crippen molar-refractivity contribution in [3.63, 3.8) is 0 Å². The van der Waals surface area contributed by atoms with E-state index in [4.69, 9.17) is 4.74 Å². The lowest BCUT2D eigenvalue weighted by Gasteiger charge is -2.29. The molecule has 1 aliphatic heterocycles. The van der Waals surface area contributed by atoms with Crippen molar-refractivity contribution in [2.45, 2.75) is 19.0 Å². The van der Waals surface area contributed by atoms with Gasteiger partial charge in [-0.1, -0.05) is 0 Å². The quantitative estimate of drug-likeness (QED) is 0.770. The van der Waals surface area contributed by atoms with Gasteiger partial charge in [-0.2, -0.15) is 0 Å². The number of hydrogen-bond acceptors (Lipinski definition) is 2. The van der Waals surface area contributed by atoms with Crippen LogP contribution in [0.2, 0.25) is 0 Å². The Morgan fingerprint density at radius 2 is 2.13 bits per heavy atom. The molecule has 0 aromatic heterocycles. The highest BCUT2D eigenvalue weighted by molar-refractivity contribution is 5.23. The molecule has 0 bridgehead atoms. The van der Waals surface area contributed by atoms with Gasteiger partial charge in [0.15, 0.2) is 0 Å². The number of ether oxygens (including phenoxy) is 1. The fourth-order valence-corrected chi connectivity index (χ4v) is 1.76.